The van der Waals surface area contributed by atoms with Crippen molar-refractivity contribution < 1.29 is 14.3 Å². The van der Waals surface area contributed by atoms with Crippen LogP contribution in [0.1, 0.15) is 25.3 Å². The summed E-state index contributed by atoms with van der Waals surface area (Å²) in [6.45, 7) is 1.59. The molecule has 0 aliphatic heterocycles. The van der Waals surface area contributed by atoms with Gasteiger partial charge < -0.3 is 10.4 Å². The van der Waals surface area contributed by atoms with Crippen molar-refractivity contribution in [3.8, 4) is 6.07 Å². The Morgan fingerprint density at radius 3 is 2.78 bits per heavy atom. The molecule has 0 heterocycles. The third-order valence-corrected chi connectivity index (χ3v) is 3.33. The lowest BCUT2D eigenvalue weighted by Crippen LogP contribution is -2.45. The molecule has 18 heavy (non-hydrogen) atoms. The first-order chi connectivity index (χ1) is 8.47. The zero-order valence-corrected chi connectivity index (χ0v) is 9.90. The Bertz CT molecular complexity index is 534. The molecule has 94 valence electrons. The molecule has 1 aromatic carbocycles. The predicted octanol–water partition coefficient (Wildman–Crippen LogP) is 2.36. The van der Waals surface area contributed by atoms with Crippen molar-refractivity contribution >= 4 is 11.7 Å². The van der Waals surface area contributed by atoms with Crippen molar-refractivity contribution in [3.05, 3.63) is 29.6 Å². The van der Waals surface area contributed by atoms with E-state index in [-0.39, 0.29) is 11.5 Å². The number of nitriles is 1. The zero-order valence-electron chi connectivity index (χ0n) is 9.90. The largest absolute Gasteiger partial charge is 0.480 e. The highest BCUT2D eigenvalue weighted by Crippen LogP contribution is 2.42. The molecular formula is C13H13FN2O2. The second-order valence-corrected chi connectivity index (χ2v) is 4.71. The van der Waals surface area contributed by atoms with Gasteiger partial charge in [0.15, 0.2) is 0 Å². The summed E-state index contributed by atoms with van der Waals surface area (Å²) < 4.78 is 13.0. The maximum absolute atomic E-state index is 13.0. The fourth-order valence-corrected chi connectivity index (χ4v) is 1.99. The molecule has 1 aliphatic carbocycles. The summed E-state index contributed by atoms with van der Waals surface area (Å²) in [5.41, 5.74) is -0.637. The van der Waals surface area contributed by atoms with Crippen LogP contribution in [-0.4, -0.2) is 16.6 Å². The van der Waals surface area contributed by atoms with Gasteiger partial charge in [0.1, 0.15) is 17.4 Å². The number of aliphatic carboxylic acids is 1. The average molecular weight is 248 g/mol. The monoisotopic (exact) mass is 248 g/mol. The Morgan fingerprint density at radius 2 is 2.28 bits per heavy atom. The SMILES string of the molecule is CC(Nc1ccc(F)cc1C#N)(C(=O)O)C1CC1. The highest BCUT2D eigenvalue weighted by atomic mass is 19.1. The fraction of sp³-hybridized carbons (Fsp3) is 0.385. The van der Waals surface area contributed by atoms with Crippen LogP contribution in [0.25, 0.3) is 0 Å². The van der Waals surface area contributed by atoms with Crippen LogP contribution >= 0.6 is 0 Å². The molecule has 0 spiro atoms. The van der Waals surface area contributed by atoms with Gasteiger partial charge in [-0.2, -0.15) is 5.26 Å². The van der Waals surface area contributed by atoms with Gasteiger partial charge in [0, 0.05) is 0 Å². The Kier molecular flexibility index (Phi) is 2.95. The number of hydrogen-bond acceptors (Lipinski definition) is 3. The Hall–Kier alpha value is -2.09. The number of anilines is 1. The quantitative estimate of drug-likeness (QED) is 0.857. The third kappa shape index (κ3) is 2.14. The number of halogens is 1. The van der Waals surface area contributed by atoms with Gasteiger partial charge in [-0.3, -0.25) is 0 Å². The van der Waals surface area contributed by atoms with Crippen molar-refractivity contribution in [2.75, 3.05) is 5.32 Å². The zero-order chi connectivity index (χ0) is 13.3. The molecule has 0 bridgehead atoms. The fourth-order valence-electron chi connectivity index (χ4n) is 1.99. The van der Waals surface area contributed by atoms with E-state index < -0.39 is 17.3 Å². The van der Waals surface area contributed by atoms with E-state index in [0.717, 1.165) is 18.9 Å². The van der Waals surface area contributed by atoms with E-state index in [9.17, 15) is 14.3 Å². The van der Waals surface area contributed by atoms with E-state index in [1.165, 1.54) is 12.1 Å². The molecular weight excluding hydrogens is 235 g/mol. The Morgan fingerprint density at radius 1 is 1.61 bits per heavy atom. The summed E-state index contributed by atoms with van der Waals surface area (Å²) in [5, 5.41) is 21.1. The number of hydrogen-bond donors (Lipinski definition) is 2. The van der Waals surface area contributed by atoms with Crippen molar-refractivity contribution in [2.45, 2.75) is 25.3 Å². The van der Waals surface area contributed by atoms with Crippen LogP contribution < -0.4 is 5.32 Å². The number of benzene rings is 1. The summed E-state index contributed by atoms with van der Waals surface area (Å²) >= 11 is 0. The van der Waals surface area contributed by atoms with Gasteiger partial charge in [-0.05, 0) is 43.9 Å². The van der Waals surface area contributed by atoms with Gasteiger partial charge in [-0.25, -0.2) is 9.18 Å². The van der Waals surface area contributed by atoms with Gasteiger partial charge in [0.05, 0.1) is 11.3 Å². The minimum atomic E-state index is -1.11. The first kappa shape index (κ1) is 12.4. The molecule has 2 N–H and O–H groups in total. The lowest BCUT2D eigenvalue weighted by atomic mass is 9.95. The maximum Gasteiger partial charge on any atom is 0.329 e. The van der Waals surface area contributed by atoms with E-state index in [2.05, 4.69) is 5.32 Å². The van der Waals surface area contributed by atoms with Gasteiger partial charge in [0.2, 0.25) is 0 Å². The molecule has 1 unspecified atom stereocenters. The van der Waals surface area contributed by atoms with Crippen molar-refractivity contribution in [3.63, 3.8) is 0 Å². The van der Waals surface area contributed by atoms with E-state index >= 15 is 0 Å². The lowest BCUT2D eigenvalue weighted by molar-refractivity contribution is -0.142. The summed E-state index contributed by atoms with van der Waals surface area (Å²) in [5.74, 6) is -1.43. The Balaban J connectivity index is 2.33. The highest BCUT2D eigenvalue weighted by Gasteiger charge is 2.47. The molecule has 0 aromatic heterocycles. The highest BCUT2D eigenvalue weighted by molar-refractivity contribution is 5.84. The number of nitrogens with zero attached hydrogens (tertiary/aromatic N) is 1. The van der Waals surface area contributed by atoms with E-state index in [1.54, 1.807) is 6.92 Å². The standard InChI is InChI=1S/C13H13FN2O2/c1-13(12(17)18,9-2-3-9)16-11-5-4-10(14)6-8(11)7-15/h4-6,9,16H,2-3H2,1H3,(H,17,18). The molecule has 1 saturated carbocycles. The summed E-state index contributed by atoms with van der Waals surface area (Å²) in [7, 11) is 0. The molecule has 1 atom stereocenters. The number of carboxylic acid groups (broad SMARTS) is 1. The number of rotatable bonds is 4. The van der Waals surface area contributed by atoms with Crippen LogP contribution in [0.5, 0.6) is 0 Å². The summed E-state index contributed by atoms with van der Waals surface area (Å²) in [6.07, 6.45) is 1.69. The van der Waals surface area contributed by atoms with E-state index in [1.807, 2.05) is 6.07 Å². The third-order valence-electron chi connectivity index (χ3n) is 3.33. The molecule has 0 saturated heterocycles. The van der Waals surface area contributed by atoms with Crippen LogP contribution in [0.3, 0.4) is 0 Å². The van der Waals surface area contributed by atoms with Crippen LogP contribution in [0.4, 0.5) is 10.1 Å². The van der Waals surface area contributed by atoms with E-state index in [0.29, 0.717) is 5.69 Å². The van der Waals surface area contributed by atoms with Gasteiger partial charge in [0.25, 0.3) is 0 Å². The summed E-state index contributed by atoms with van der Waals surface area (Å²) in [4.78, 5) is 11.4. The van der Waals surface area contributed by atoms with Crippen LogP contribution in [0.15, 0.2) is 18.2 Å². The second kappa shape index (κ2) is 4.30. The molecule has 1 aliphatic rings. The van der Waals surface area contributed by atoms with Gasteiger partial charge in [-0.15, -0.1) is 0 Å². The van der Waals surface area contributed by atoms with Crippen LogP contribution in [0, 0.1) is 23.1 Å². The van der Waals surface area contributed by atoms with Crippen molar-refractivity contribution in [2.24, 2.45) is 5.92 Å². The van der Waals surface area contributed by atoms with E-state index in [4.69, 9.17) is 5.26 Å². The molecule has 2 rings (SSSR count). The minimum absolute atomic E-state index is 0.0478. The first-order valence-corrected chi connectivity index (χ1v) is 5.68. The van der Waals surface area contributed by atoms with Gasteiger partial charge in [-0.1, -0.05) is 0 Å². The average Bonchev–Trinajstić information content (AvgIpc) is 3.15. The first-order valence-electron chi connectivity index (χ1n) is 5.68. The van der Waals surface area contributed by atoms with Crippen molar-refractivity contribution in [1.82, 2.24) is 0 Å². The molecule has 1 fully saturated rings. The molecule has 0 amide bonds. The number of carboxylic acids is 1. The normalized spacial score (nSPS) is 17.6. The minimum Gasteiger partial charge on any atom is -0.480 e. The van der Waals surface area contributed by atoms with Crippen LogP contribution in [-0.2, 0) is 4.79 Å². The molecule has 1 aromatic rings. The lowest BCUT2D eigenvalue weighted by Gasteiger charge is -2.27. The molecule has 4 nitrogen and oxygen atoms in total. The summed E-state index contributed by atoms with van der Waals surface area (Å²) in [6, 6.07) is 5.56. The maximum atomic E-state index is 13.0. The predicted molar refractivity (Wildman–Crippen MR) is 63.5 cm³/mol. The molecule has 5 heteroatoms. The number of nitrogens with one attached hydrogen (secondary N) is 1. The topological polar surface area (TPSA) is 73.1 Å². The number of carbonyl (C=O) groups is 1. The smallest absolute Gasteiger partial charge is 0.329 e. The van der Waals surface area contributed by atoms with Gasteiger partial charge >= 0.3 is 5.97 Å². The van der Waals surface area contributed by atoms with Crippen molar-refractivity contribution in [1.29, 1.82) is 5.26 Å². The Labute approximate surface area is 104 Å². The second-order valence-electron chi connectivity index (χ2n) is 4.71. The molecule has 0 radical (unpaired) electrons. The van der Waals surface area contributed by atoms with Crippen LogP contribution in [0.2, 0.25) is 0 Å².